The zero-order valence-electron chi connectivity index (χ0n) is 12.6. The van der Waals surface area contributed by atoms with Gasteiger partial charge in [0.25, 0.3) is 12.3 Å². The fourth-order valence-corrected chi connectivity index (χ4v) is 2.55. The molecule has 0 saturated heterocycles. The fourth-order valence-electron chi connectivity index (χ4n) is 2.55. The van der Waals surface area contributed by atoms with E-state index in [2.05, 4.69) is 15.4 Å². The summed E-state index contributed by atoms with van der Waals surface area (Å²) in [7, 11) is 0. The van der Waals surface area contributed by atoms with Crippen LogP contribution >= 0.6 is 0 Å². The topological polar surface area (TPSA) is 59.3 Å². The highest BCUT2D eigenvalue weighted by Crippen LogP contribution is 2.27. The van der Waals surface area contributed by atoms with Crippen LogP contribution in [0.1, 0.15) is 35.3 Å². The average Bonchev–Trinajstić information content (AvgIpc) is 3.30. The van der Waals surface area contributed by atoms with E-state index in [-0.39, 0.29) is 28.9 Å². The quantitative estimate of drug-likeness (QED) is 0.800. The Morgan fingerprint density at radius 2 is 2.00 bits per heavy atom. The Kier molecular flexibility index (Phi) is 3.48. The summed E-state index contributed by atoms with van der Waals surface area (Å²) < 4.78 is 27.9. The van der Waals surface area contributed by atoms with Crippen LogP contribution in [0, 0.1) is 0 Å². The minimum absolute atomic E-state index is 0.143. The van der Waals surface area contributed by atoms with Gasteiger partial charge in [0, 0.05) is 11.6 Å². The molecule has 0 radical (unpaired) electrons. The van der Waals surface area contributed by atoms with Gasteiger partial charge in [0.05, 0.1) is 11.9 Å². The summed E-state index contributed by atoms with van der Waals surface area (Å²) in [6, 6.07) is 10.5. The molecule has 5 nitrogen and oxygen atoms in total. The van der Waals surface area contributed by atoms with Gasteiger partial charge in [-0.15, -0.1) is 0 Å². The summed E-state index contributed by atoms with van der Waals surface area (Å²) in [6.07, 6.45) is 0.448. The zero-order valence-corrected chi connectivity index (χ0v) is 12.6. The molecule has 2 aromatic heterocycles. The number of fused-ring (bicyclic) bond motifs is 1. The first-order valence-corrected chi connectivity index (χ1v) is 7.66. The van der Waals surface area contributed by atoms with Crippen LogP contribution in [-0.4, -0.2) is 26.5 Å². The molecule has 4 rings (SSSR count). The first kappa shape index (κ1) is 14.7. The Balaban J connectivity index is 1.87. The van der Waals surface area contributed by atoms with Crippen molar-refractivity contribution >= 4 is 11.6 Å². The molecule has 1 amide bonds. The number of amides is 1. The molecule has 1 aromatic carbocycles. The molecule has 122 valence electrons. The minimum atomic E-state index is -2.72. The second-order valence-corrected chi connectivity index (χ2v) is 5.77. The third-order valence-corrected chi connectivity index (χ3v) is 3.95. The van der Waals surface area contributed by atoms with Crippen LogP contribution in [0.5, 0.6) is 0 Å². The number of nitrogens with one attached hydrogen (secondary N) is 1. The fraction of sp³-hybridized carbons (Fsp3) is 0.235. The largest absolute Gasteiger partial charge is 0.349 e. The lowest BCUT2D eigenvalue weighted by atomic mass is 10.1. The number of nitrogens with zero attached hydrogens (tertiary/aromatic N) is 3. The average molecular weight is 328 g/mol. The molecule has 7 heteroatoms. The van der Waals surface area contributed by atoms with E-state index in [0.29, 0.717) is 11.3 Å². The summed E-state index contributed by atoms with van der Waals surface area (Å²) in [6.45, 7) is 0. The second kappa shape index (κ2) is 5.67. The number of rotatable bonds is 4. The van der Waals surface area contributed by atoms with Crippen LogP contribution in [-0.2, 0) is 0 Å². The van der Waals surface area contributed by atoms with Crippen molar-refractivity contribution < 1.29 is 13.6 Å². The maximum absolute atomic E-state index is 13.4. The lowest BCUT2D eigenvalue weighted by molar-refractivity contribution is 0.0952. The van der Waals surface area contributed by atoms with Crippen LogP contribution in [0.25, 0.3) is 16.9 Å². The predicted octanol–water partition coefficient (Wildman–Crippen LogP) is 3.23. The molecule has 1 N–H and O–H groups in total. The smallest absolute Gasteiger partial charge is 0.280 e. The van der Waals surface area contributed by atoms with Gasteiger partial charge in [-0.3, -0.25) is 4.79 Å². The van der Waals surface area contributed by atoms with Gasteiger partial charge in [-0.2, -0.15) is 5.10 Å². The van der Waals surface area contributed by atoms with E-state index >= 15 is 0 Å². The second-order valence-electron chi connectivity index (χ2n) is 5.77. The zero-order chi connectivity index (χ0) is 16.7. The number of halogens is 2. The number of hydrogen-bond acceptors (Lipinski definition) is 3. The minimum Gasteiger partial charge on any atom is -0.349 e. The third kappa shape index (κ3) is 2.62. The lowest BCUT2D eigenvalue weighted by Crippen LogP contribution is -2.25. The van der Waals surface area contributed by atoms with E-state index in [1.807, 2.05) is 6.07 Å². The number of aromatic nitrogens is 3. The summed E-state index contributed by atoms with van der Waals surface area (Å²) in [5, 5.41) is 6.77. The predicted molar refractivity (Wildman–Crippen MR) is 83.9 cm³/mol. The molecule has 0 spiro atoms. The van der Waals surface area contributed by atoms with E-state index in [4.69, 9.17) is 0 Å². The van der Waals surface area contributed by atoms with Crippen molar-refractivity contribution in [3.63, 3.8) is 0 Å². The Morgan fingerprint density at radius 1 is 1.25 bits per heavy atom. The molecule has 1 aliphatic rings. The SMILES string of the molecule is O=C(NC1CC1)c1cnn2c(C(F)F)cc(-c3ccccc3)nc12. The Hall–Kier alpha value is -2.83. The van der Waals surface area contributed by atoms with Crippen molar-refractivity contribution in [2.24, 2.45) is 0 Å². The summed E-state index contributed by atoms with van der Waals surface area (Å²) >= 11 is 0. The van der Waals surface area contributed by atoms with Crippen molar-refractivity contribution in [1.29, 1.82) is 0 Å². The molecular weight excluding hydrogens is 314 g/mol. The molecule has 2 heterocycles. The first-order valence-electron chi connectivity index (χ1n) is 7.66. The van der Waals surface area contributed by atoms with Crippen LogP contribution in [0.2, 0.25) is 0 Å². The highest BCUT2D eigenvalue weighted by atomic mass is 19.3. The van der Waals surface area contributed by atoms with Crippen molar-refractivity contribution in [3.8, 4) is 11.3 Å². The normalized spacial score (nSPS) is 14.3. The highest BCUT2D eigenvalue weighted by molar-refractivity contribution is 6.00. The summed E-state index contributed by atoms with van der Waals surface area (Å²) in [5.74, 6) is -0.328. The Morgan fingerprint density at radius 3 is 2.67 bits per heavy atom. The third-order valence-electron chi connectivity index (χ3n) is 3.95. The van der Waals surface area contributed by atoms with Crippen LogP contribution in [0.3, 0.4) is 0 Å². The van der Waals surface area contributed by atoms with Gasteiger partial charge in [-0.05, 0) is 18.9 Å². The molecule has 1 fully saturated rings. The van der Waals surface area contributed by atoms with Gasteiger partial charge in [0.15, 0.2) is 5.65 Å². The number of hydrogen-bond donors (Lipinski definition) is 1. The maximum Gasteiger partial charge on any atom is 0.280 e. The van der Waals surface area contributed by atoms with E-state index in [9.17, 15) is 13.6 Å². The number of carbonyl (C=O) groups excluding carboxylic acids is 1. The van der Waals surface area contributed by atoms with E-state index in [0.717, 1.165) is 17.4 Å². The molecule has 0 atom stereocenters. The summed E-state index contributed by atoms with van der Waals surface area (Å²) in [4.78, 5) is 16.7. The monoisotopic (exact) mass is 328 g/mol. The van der Waals surface area contributed by atoms with Crippen molar-refractivity contribution in [2.75, 3.05) is 0 Å². The standard InChI is InChI=1S/C17H14F2N4O/c18-15(19)14-8-13(10-4-2-1-3-5-10)22-16-12(9-20-23(14)16)17(24)21-11-6-7-11/h1-5,8-9,11,15H,6-7H2,(H,21,24). The van der Waals surface area contributed by atoms with Gasteiger partial charge < -0.3 is 5.32 Å². The molecule has 1 saturated carbocycles. The highest BCUT2D eigenvalue weighted by Gasteiger charge is 2.27. The van der Waals surface area contributed by atoms with Crippen LogP contribution in [0.15, 0.2) is 42.6 Å². The van der Waals surface area contributed by atoms with E-state index in [1.165, 1.54) is 12.3 Å². The number of benzene rings is 1. The number of carbonyl (C=O) groups is 1. The van der Waals surface area contributed by atoms with Crippen molar-refractivity contribution in [3.05, 3.63) is 53.9 Å². The van der Waals surface area contributed by atoms with Gasteiger partial charge in [-0.1, -0.05) is 30.3 Å². The van der Waals surface area contributed by atoms with E-state index < -0.39 is 6.43 Å². The molecule has 0 aliphatic heterocycles. The Bertz CT molecular complexity index is 904. The molecule has 1 aliphatic carbocycles. The molecule has 0 unspecified atom stereocenters. The van der Waals surface area contributed by atoms with Gasteiger partial charge in [-0.25, -0.2) is 18.3 Å². The molecule has 24 heavy (non-hydrogen) atoms. The van der Waals surface area contributed by atoms with Gasteiger partial charge in [0.1, 0.15) is 11.3 Å². The number of alkyl halides is 2. The lowest BCUT2D eigenvalue weighted by Gasteiger charge is -2.08. The van der Waals surface area contributed by atoms with Crippen LogP contribution in [0.4, 0.5) is 8.78 Å². The molecule has 0 bridgehead atoms. The first-order chi connectivity index (χ1) is 11.6. The Labute approximate surface area is 136 Å². The van der Waals surface area contributed by atoms with Crippen LogP contribution < -0.4 is 5.32 Å². The molecular formula is C17H14F2N4O. The summed E-state index contributed by atoms with van der Waals surface area (Å²) in [5.41, 5.74) is 1.16. The van der Waals surface area contributed by atoms with E-state index in [1.54, 1.807) is 24.3 Å². The van der Waals surface area contributed by atoms with Crippen molar-refractivity contribution in [2.45, 2.75) is 25.3 Å². The molecule has 3 aromatic rings. The van der Waals surface area contributed by atoms with Gasteiger partial charge >= 0.3 is 0 Å². The van der Waals surface area contributed by atoms with Gasteiger partial charge in [0.2, 0.25) is 0 Å². The van der Waals surface area contributed by atoms with Crippen molar-refractivity contribution in [1.82, 2.24) is 19.9 Å². The maximum atomic E-state index is 13.4.